The minimum Gasteiger partial charge on any atom is -0.350 e. The SMILES string of the molecule is C=CC(=O)Nc1ccc(F)c(-c2cnc3[nH]cc(C(=O)NC(C)C)c3c2)c1. The molecule has 1 aromatic carbocycles. The number of carbonyl (C=O) groups excluding carboxylic acids is 2. The summed E-state index contributed by atoms with van der Waals surface area (Å²) in [6.07, 6.45) is 4.23. The lowest BCUT2D eigenvalue weighted by Gasteiger charge is -2.09. The number of benzene rings is 1. The quantitative estimate of drug-likeness (QED) is 0.603. The Kier molecular flexibility index (Phi) is 5.03. The van der Waals surface area contributed by atoms with Crippen LogP contribution in [0.15, 0.2) is 49.3 Å². The first kappa shape index (κ1) is 18.3. The zero-order valence-corrected chi connectivity index (χ0v) is 15.0. The summed E-state index contributed by atoms with van der Waals surface area (Å²) in [5, 5.41) is 6.01. The Hall–Kier alpha value is -3.48. The van der Waals surface area contributed by atoms with Crippen molar-refractivity contribution in [2.75, 3.05) is 5.32 Å². The van der Waals surface area contributed by atoms with Crippen LogP contribution in [-0.4, -0.2) is 27.8 Å². The predicted octanol–water partition coefficient (Wildman–Crippen LogP) is 3.63. The van der Waals surface area contributed by atoms with E-state index < -0.39 is 5.82 Å². The maximum absolute atomic E-state index is 14.4. The first-order valence-corrected chi connectivity index (χ1v) is 8.40. The second kappa shape index (κ2) is 7.41. The summed E-state index contributed by atoms with van der Waals surface area (Å²) >= 11 is 0. The number of aromatic nitrogens is 2. The van der Waals surface area contributed by atoms with Crippen LogP contribution in [0.4, 0.5) is 10.1 Å². The van der Waals surface area contributed by atoms with E-state index in [1.54, 1.807) is 12.3 Å². The average molecular weight is 366 g/mol. The smallest absolute Gasteiger partial charge is 0.253 e. The minimum absolute atomic E-state index is 0.0128. The highest BCUT2D eigenvalue weighted by atomic mass is 19.1. The van der Waals surface area contributed by atoms with Crippen LogP contribution in [0.5, 0.6) is 0 Å². The fraction of sp³-hybridized carbons (Fsp3) is 0.150. The number of nitrogens with zero attached hydrogens (tertiary/aromatic N) is 1. The Labute approximate surface area is 155 Å². The number of anilines is 1. The van der Waals surface area contributed by atoms with Crippen LogP contribution < -0.4 is 10.6 Å². The summed E-state index contributed by atoms with van der Waals surface area (Å²) in [6.45, 7) is 7.13. The molecule has 0 radical (unpaired) electrons. The van der Waals surface area contributed by atoms with Crippen LogP contribution in [0.3, 0.4) is 0 Å². The largest absolute Gasteiger partial charge is 0.350 e. The summed E-state index contributed by atoms with van der Waals surface area (Å²) in [6, 6.07) is 5.93. The van der Waals surface area contributed by atoms with E-state index in [-0.39, 0.29) is 23.4 Å². The Morgan fingerprint density at radius 3 is 2.78 bits per heavy atom. The van der Waals surface area contributed by atoms with E-state index in [4.69, 9.17) is 0 Å². The van der Waals surface area contributed by atoms with Crippen LogP contribution >= 0.6 is 0 Å². The van der Waals surface area contributed by atoms with Crippen molar-refractivity contribution in [2.45, 2.75) is 19.9 Å². The highest BCUT2D eigenvalue weighted by Gasteiger charge is 2.16. The van der Waals surface area contributed by atoms with Gasteiger partial charge >= 0.3 is 0 Å². The normalized spacial score (nSPS) is 10.8. The lowest BCUT2D eigenvalue weighted by molar-refractivity contribution is -0.111. The fourth-order valence-corrected chi connectivity index (χ4v) is 2.70. The third-order valence-corrected chi connectivity index (χ3v) is 3.93. The van der Waals surface area contributed by atoms with Gasteiger partial charge in [-0.3, -0.25) is 9.59 Å². The van der Waals surface area contributed by atoms with E-state index in [1.165, 1.54) is 24.4 Å². The number of pyridine rings is 1. The van der Waals surface area contributed by atoms with Crippen molar-refractivity contribution in [3.63, 3.8) is 0 Å². The van der Waals surface area contributed by atoms with Crippen molar-refractivity contribution < 1.29 is 14.0 Å². The zero-order chi connectivity index (χ0) is 19.6. The van der Waals surface area contributed by atoms with Crippen LogP contribution in [0.25, 0.3) is 22.2 Å². The number of halogens is 1. The molecule has 3 aromatic rings. The molecule has 3 N–H and O–H groups in total. The number of carbonyl (C=O) groups is 2. The molecule has 6 nitrogen and oxygen atoms in total. The predicted molar refractivity (Wildman–Crippen MR) is 103 cm³/mol. The third kappa shape index (κ3) is 3.87. The lowest BCUT2D eigenvalue weighted by atomic mass is 10.0. The molecule has 0 spiro atoms. The van der Waals surface area contributed by atoms with Crippen molar-refractivity contribution in [2.24, 2.45) is 0 Å². The van der Waals surface area contributed by atoms with Crippen molar-refractivity contribution in [1.82, 2.24) is 15.3 Å². The van der Waals surface area contributed by atoms with Gasteiger partial charge in [0.25, 0.3) is 5.91 Å². The number of hydrogen-bond donors (Lipinski definition) is 3. The number of nitrogens with one attached hydrogen (secondary N) is 3. The van der Waals surface area contributed by atoms with Crippen LogP contribution in [0.2, 0.25) is 0 Å². The van der Waals surface area contributed by atoms with Gasteiger partial charge in [-0.1, -0.05) is 6.58 Å². The van der Waals surface area contributed by atoms with Crippen molar-refractivity contribution in [3.8, 4) is 11.1 Å². The summed E-state index contributed by atoms with van der Waals surface area (Å²) < 4.78 is 14.4. The molecule has 0 aliphatic heterocycles. The Morgan fingerprint density at radius 1 is 1.30 bits per heavy atom. The Balaban J connectivity index is 2.04. The maximum Gasteiger partial charge on any atom is 0.253 e. The van der Waals surface area contributed by atoms with E-state index in [2.05, 4.69) is 27.2 Å². The number of amides is 2. The second-order valence-corrected chi connectivity index (χ2v) is 6.34. The Bertz CT molecular complexity index is 1040. The monoisotopic (exact) mass is 366 g/mol. The lowest BCUT2D eigenvalue weighted by Crippen LogP contribution is -2.29. The van der Waals surface area contributed by atoms with Crippen molar-refractivity contribution in [3.05, 3.63) is 60.7 Å². The molecule has 0 bridgehead atoms. The van der Waals surface area contributed by atoms with E-state index in [9.17, 15) is 14.0 Å². The number of hydrogen-bond acceptors (Lipinski definition) is 3. The first-order valence-electron chi connectivity index (χ1n) is 8.40. The molecule has 3 rings (SSSR count). The van der Waals surface area contributed by atoms with Gasteiger partial charge < -0.3 is 15.6 Å². The molecular formula is C20H19FN4O2. The number of rotatable bonds is 5. The van der Waals surface area contributed by atoms with Gasteiger partial charge in [-0.15, -0.1) is 0 Å². The van der Waals surface area contributed by atoms with Gasteiger partial charge in [0.15, 0.2) is 0 Å². The van der Waals surface area contributed by atoms with E-state index in [0.29, 0.717) is 27.8 Å². The Morgan fingerprint density at radius 2 is 2.07 bits per heavy atom. The van der Waals surface area contributed by atoms with Crippen LogP contribution in [0.1, 0.15) is 24.2 Å². The standard InChI is InChI=1S/C20H19FN4O2/c1-4-18(26)25-13-5-6-17(21)14(8-13)12-7-15-16(20(27)24-11(2)3)10-23-19(15)22-9-12/h4-11H,1H2,2-3H3,(H,22,23)(H,24,27)(H,25,26). The molecular weight excluding hydrogens is 347 g/mol. The molecule has 138 valence electrons. The first-order chi connectivity index (χ1) is 12.9. The van der Waals surface area contributed by atoms with Gasteiger partial charge in [0.1, 0.15) is 11.5 Å². The van der Waals surface area contributed by atoms with Crippen LogP contribution in [-0.2, 0) is 4.79 Å². The summed E-state index contributed by atoms with van der Waals surface area (Å²) in [7, 11) is 0. The summed E-state index contributed by atoms with van der Waals surface area (Å²) in [5.74, 6) is -1.08. The van der Waals surface area contributed by atoms with Gasteiger partial charge in [-0.2, -0.15) is 0 Å². The molecule has 0 aliphatic carbocycles. The summed E-state index contributed by atoms with van der Waals surface area (Å²) in [5.41, 5.74) is 2.16. The molecule has 7 heteroatoms. The van der Waals surface area contributed by atoms with Crippen molar-refractivity contribution >= 4 is 28.5 Å². The molecule has 0 aliphatic rings. The van der Waals surface area contributed by atoms with Crippen molar-refractivity contribution in [1.29, 1.82) is 0 Å². The molecule has 2 aromatic heterocycles. The van der Waals surface area contributed by atoms with Gasteiger partial charge in [0.05, 0.1) is 5.56 Å². The van der Waals surface area contributed by atoms with Gasteiger partial charge in [-0.05, 0) is 44.2 Å². The molecule has 0 fully saturated rings. The van der Waals surface area contributed by atoms with Gasteiger partial charge in [0.2, 0.25) is 5.91 Å². The molecule has 2 heterocycles. The molecule has 0 atom stereocenters. The summed E-state index contributed by atoms with van der Waals surface area (Å²) in [4.78, 5) is 31.1. The molecule has 0 saturated carbocycles. The zero-order valence-electron chi connectivity index (χ0n) is 15.0. The number of H-pyrrole nitrogens is 1. The van der Waals surface area contributed by atoms with Gasteiger partial charge in [0, 0.05) is 40.6 Å². The van der Waals surface area contributed by atoms with E-state index in [1.807, 2.05) is 13.8 Å². The minimum atomic E-state index is -0.462. The number of aromatic amines is 1. The molecule has 0 saturated heterocycles. The van der Waals surface area contributed by atoms with E-state index in [0.717, 1.165) is 6.08 Å². The highest BCUT2D eigenvalue weighted by molar-refractivity contribution is 6.07. The highest BCUT2D eigenvalue weighted by Crippen LogP contribution is 2.29. The maximum atomic E-state index is 14.4. The third-order valence-electron chi connectivity index (χ3n) is 3.93. The molecule has 2 amide bonds. The van der Waals surface area contributed by atoms with Crippen LogP contribution in [0, 0.1) is 5.82 Å². The van der Waals surface area contributed by atoms with E-state index >= 15 is 0 Å². The topological polar surface area (TPSA) is 86.9 Å². The number of fused-ring (bicyclic) bond motifs is 1. The second-order valence-electron chi connectivity index (χ2n) is 6.34. The fourth-order valence-electron chi connectivity index (χ4n) is 2.70. The van der Waals surface area contributed by atoms with Gasteiger partial charge in [-0.25, -0.2) is 9.37 Å². The average Bonchev–Trinajstić information content (AvgIpc) is 3.06. The molecule has 27 heavy (non-hydrogen) atoms. The molecule has 0 unspecified atom stereocenters.